The number of aryl methyl sites for hydroxylation is 2. The fraction of sp³-hybridized carbons (Fsp3) is 0.190. The summed E-state index contributed by atoms with van der Waals surface area (Å²) in [6, 6.07) is 17.2. The number of hydrogen-bond acceptors (Lipinski definition) is 7. The van der Waals surface area contributed by atoms with Gasteiger partial charge in [-0.15, -0.1) is 11.3 Å². The third-order valence-electron chi connectivity index (χ3n) is 4.28. The third-order valence-corrected chi connectivity index (χ3v) is 5.83. The first kappa shape index (κ1) is 21.5. The number of nitriles is 1. The topological polar surface area (TPSA) is 103 Å². The van der Waals surface area contributed by atoms with Crippen LogP contribution in [0.4, 0.5) is 10.8 Å². The van der Waals surface area contributed by atoms with E-state index in [1.54, 1.807) is 19.1 Å². The second-order valence-electron chi connectivity index (χ2n) is 6.84. The molecule has 0 fully saturated rings. The molecule has 9 heteroatoms. The lowest BCUT2D eigenvalue weighted by Gasteiger charge is -2.22. The van der Waals surface area contributed by atoms with Crippen LogP contribution in [0, 0.1) is 25.2 Å². The number of thiazole rings is 1. The molecule has 0 aliphatic carbocycles. The molecule has 3 aromatic rings. The molecule has 30 heavy (non-hydrogen) atoms. The zero-order valence-corrected chi connectivity index (χ0v) is 18.3. The minimum atomic E-state index is -3.69. The Hall–Kier alpha value is -3.22. The lowest BCUT2D eigenvalue weighted by atomic mass is 10.1. The third kappa shape index (κ3) is 5.23. The first-order valence-corrected chi connectivity index (χ1v) is 11.7. The molecule has 0 saturated carbocycles. The molecule has 1 amide bonds. The quantitative estimate of drug-likeness (QED) is 0.627. The number of benzene rings is 2. The van der Waals surface area contributed by atoms with Crippen molar-refractivity contribution < 1.29 is 13.2 Å². The molecule has 0 radical (unpaired) electrons. The summed E-state index contributed by atoms with van der Waals surface area (Å²) in [6.45, 7) is 4.23. The van der Waals surface area contributed by atoms with Gasteiger partial charge < -0.3 is 4.90 Å². The van der Waals surface area contributed by atoms with Gasteiger partial charge in [-0.05, 0) is 43.7 Å². The van der Waals surface area contributed by atoms with Crippen LogP contribution in [0.25, 0.3) is 0 Å². The highest BCUT2D eigenvalue weighted by Crippen LogP contribution is 2.33. The van der Waals surface area contributed by atoms with Crippen LogP contribution in [0.1, 0.15) is 32.1 Å². The van der Waals surface area contributed by atoms with E-state index >= 15 is 0 Å². The van der Waals surface area contributed by atoms with Crippen molar-refractivity contribution in [1.29, 1.82) is 5.26 Å². The second-order valence-corrected chi connectivity index (χ2v) is 9.77. The number of carbonyl (C=O) groups is 1. The number of rotatable bonds is 6. The summed E-state index contributed by atoms with van der Waals surface area (Å²) in [4.78, 5) is 19.3. The van der Waals surface area contributed by atoms with Crippen LogP contribution < -0.4 is 9.62 Å². The van der Waals surface area contributed by atoms with Gasteiger partial charge >= 0.3 is 0 Å². The van der Waals surface area contributed by atoms with E-state index < -0.39 is 15.9 Å². The van der Waals surface area contributed by atoms with Crippen molar-refractivity contribution in [1.82, 2.24) is 9.71 Å². The molecule has 7 nitrogen and oxygen atoms in total. The predicted octanol–water partition coefficient (Wildman–Crippen LogP) is 3.66. The molecule has 0 bridgehead atoms. The van der Waals surface area contributed by atoms with Crippen LogP contribution in [0.5, 0.6) is 0 Å². The standard InChI is InChI=1S/C21H20N4O3S2/c1-14-4-6-17(7-5-14)13-25(18-10-8-16(12-22)9-11-18)21-23-19(15(2)29-21)20(26)24-30(3,27)28/h4-11H,13H2,1-3H3,(H,24,26). The summed E-state index contributed by atoms with van der Waals surface area (Å²) in [7, 11) is -3.69. The molecule has 154 valence electrons. The second kappa shape index (κ2) is 8.65. The lowest BCUT2D eigenvalue weighted by Crippen LogP contribution is -2.30. The Kier molecular flexibility index (Phi) is 6.20. The number of sulfonamides is 1. The maximum absolute atomic E-state index is 12.3. The van der Waals surface area contributed by atoms with Gasteiger partial charge in [0.25, 0.3) is 5.91 Å². The highest BCUT2D eigenvalue weighted by atomic mass is 32.2. The van der Waals surface area contributed by atoms with Crippen molar-refractivity contribution in [2.24, 2.45) is 0 Å². The number of amides is 1. The Morgan fingerprint density at radius 3 is 2.33 bits per heavy atom. The van der Waals surface area contributed by atoms with Gasteiger partial charge in [0.05, 0.1) is 24.4 Å². The van der Waals surface area contributed by atoms with E-state index in [0.717, 1.165) is 23.1 Å². The van der Waals surface area contributed by atoms with Crippen LogP contribution in [0.3, 0.4) is 0 Å². The van der Waals surface area contributed by atoms with Crippen molar-refractivity contribution >= 4 is 38.1 Å². The Balaban J connectivity index is 2.01. The molecule has 3 rings (SSSR count). The van der Waals surface area contributed by atoms with Crippen LogP contribution in [-0.4, -0.2) is 25.6 Å². The first-order valence-electron chi connectivity index (χ1n) is 8.99. The van der Waals surface area contributed by atoms with Crippen molar-refractivity contribution in [3.05, 3.63) is 75.8 Å². The minimum Gasteiger partial charge on any atom is -0.313 e. The SMILES string of the molecule is Cc1ccc(CN(c2ccc(C#N)cc2)c2nc(C(=O)NS(C)(=O)=O)c(C)s2)cc1. The van der Waals surface area contributed by atoms with Gasteiger partial charge in [-0.25, -0.2) is 18.1 Å². The van der Waals surface area contributed by atoms with Crippen LogP contribution >= 0.6 is 11.3 Å². The first-order chi connectivity index (χ1) is 14.2. The highest BCUT2D eigenvalue weighted by Gasteiger charge is 2.22. The molecule has 0 aliphatic rings. The van der Waals surface area contributed by atoms with Crippen molar-refractivity contribution in [3.63, 3.8) is 0 Å². The van der Waals surface area contributed by atoms with E-state index in [1.165, 1.54) is 11.3 Å². The largest absolute Gasteiger partial charge is 0.313 e. The lowest BCUT2D eigenvalue weighted by molar-refractivity contribution is 0.0977. The maximum Gasteiger partial charge on any atom is 0.284 e. The number of carbonyl (C=O) groups excluding carboxylic acids is 1. The normalized spacial score (nSPS) is 11.0. The molecule has 1 aromatic heterocycles. The number of nitrogens with one attached hydrogen (secondary N) is 1. The molecular weight excluding hydrogens is 420 g/mol. The van der Waals surface area contributed by atoms with E-state index in [0.29, 0.717) is 22.1 Å². The molecule has 0 saturated heterocycles. The summed E-state index contributed by atoms with van der Waals surface area (Å²) in [5, 5.41) is 9.62. The average molecular weight is 441 g/mol. The Morgan fingerprint density at radius 2 is 1.77 bits per heavy atom. The smallest absolute Gasteiger partial charge is 0.284 e. The molecule has 0 aliphatic heterocycles. The van der Waals surface area contributed by atoms with Gasteiger partial charge in [0, 0.05) is 10.6 Å². The van der Waals surface area contributed by atoms with Gasteiger partial charge in [-0.2, -0.15) is 5.26 Å². The van der Waals surface area contributed by atoms with E-state index in [9.17, 15) is 13.2 Å². The summed E-state index contributed by atoms with van der Waals surface area (Å²) in [5.74, 6) is -0.757. The fourth-order valence-corrected chi connectivity index (χ4v) is 4.15. The maximum atomic E-state index is 12.3. The zero-order valence-electron chi connectivity index (χ0n) is 16.7. The number of hydrogen-bond donors (Lipinski definition) is 1. The summed E-state index contributed by atoms with van der Waals surface area (Å²) in [5.41, 5.74) is 3.60. The van der Waals surface area contributed by atoms with Crippen molar-refractivity contribution in [2.45, 2.75) is 20.4 Å². The molecule has 0 unspecified atom stereocenters. The minimum absolute atomic E-state index is 0.0722. The van der Waals surface area contributed by atoms with Gasteiger partial charge in [-0.3, -0.25) is 4.79 Å². The monoisotopic (exact) mass is 440 g/mol. The van der Waals surface area contributed by atoms with Crippen LogP contribution in [-0.2, 0) is 16.6 Å². The highest BCUT2D eigenvalue weighted by molar-refractivity contribution is 7.89. The molecular formula is C21H20N4O3S2. The number of aromatic nitrogens is 1. The van der Waals surface area contributed by atoms with Crippen molar-refractivity contribution in [2.75, 3.05) is 11.2 Å². The summed E-state index contributed by atoms with van der Waals surface area (Å²) in [6.07, 6.45) is 0.925. The molecule has 0 atom stereocenters. The van der Waals surface area contributed by atoms with E-state index in [-0.39, 0.29) is 5.69 Å². The van der Waals surface area contributed by atoms with E-state index in [4.69, 9.17) is 5.26 Å². The average Bonchev–Trinajstić information content (AvgIpc) is 3.08. The number of nitrogens with zero attached hydrogens (tertiary/aromatic N) is 3. The van der Waals surface area contributed by atoms with E-state index in [1.807, 2.05) is 52.9 Å². The Labute approximate surface area is 179 Å². The molecule has 1 heterocycles. The molecule has 0 spiro atoms. The zero-order chi connectivity index (χ0) is 21.9. The van der Waals surface area contributed by atoms with Gasteiger partial charge in [0.15, 0.2) is 5.13 Å². The van der Waals surface area contributed by atoms with Gasteiger partial charge in [-0.1, -0.05) is 29.8 Å². The Bertz CT molecular complexity index is 1210. The van der Waals surface area contributed by atoms with Gasteiger partial charge in [0.1, 0.15) is 5.69 Å². The predicted molar refractivity (Wildman–Crippen MR) is 117 cm³/mol. The summed E-state index contributed by atoms with van der Waals surface area (Å²) >= 11 is 1.30. The Morgan fingerprint density at radius 1 is 1.13 bits per heavy atom. The van der Waals surface area contributed by atoms with Crippen LogP contribution in [0.2, 0.25) is 0 Å². The molecule has 2 aromatic carbocycles. The van der Waals surface area contributed by atoms with Crippen molar-refractivity contribution in [3.8, 4) is 6.07 Å². The fourth-order valence-electron chi connectivity index (χ4n) is 2.79. The summed E-state index contributed by atoms with van der Waals surface area (Å²) < 4.78 is 24.8. The van der Waals surface area contributed by atoms with E-state index in [2.05, 4.69) is 11.1 Å². The van der Waals surface area contributed by atoms with Gasteiger partial charge in [0.2, 0.25) is 10.0 Å². The van der Waals surface area contributed by atoms with Crippen LogP contribution in [0.15, 0.2) is 48.5 Å². The number of anilines is 2. The molecule has 1 N–H and O–H groups in total.